The first kappa shape index (κ1) is 16.3. The van der Waals surface area contributed by atoms with Crippen LogP contribution in [0.5, 0.6) is 0 Å². The minimum atomic E-state index is -1.71. The first-order valence-electron chi connectivity index (χ1n) is 8.27. The van der Waals surface area contributed by atoms with Crippen LogP contribution in [0, 0.1) is 23.3 Å². The summed E-state index contributed by atoms with van der Waals surface area (Å²) in [5.41, 5.74) is 3.52. The molecule has 0 bridgehead atoms. The van der Waals surface area contributed by atoms with Crippen molar-refractivity contribution in [2.75, 3.05) is 0 Å². The fraction of sp³-hybridized carbons (Fsp3) is 0.579. The number of benzene rings is 1. The quantitative estimate of drug-likeness (QED) is 0.666. The van der Waals surface area contributed by atoms with Gasteiger partial charge in [-0.05, 0) is 30.9 Å². The van der Waals surface area contributed by atoms with Crippen LogP contribution in [0.15, 0.2) is 30.3 Å². The van der Waals surface area contributed by atoms with Gasteiger partial charge in [0.25, 0.3) is 0 Å². The van der Waals surface area contributed by atoms with Gasteiger partial charge in [0.15, 0.2) is 8.07 Å². The molecule has 21 heavy (non-hydrogen) atoms. The van der Waals surface area contributed by atoms with Gasteiger partial charge in [-0.15, -0.1) is 11.5 Å². The maximum atomic E-state index is 10.5. The molecule has 0 spiro atoms. The lowest BCUT2D eigenvalue weighted by Gasteiger charge is -2.28. The molecule has 0 aliphatic heterocycles. The highest BCUT2D eigenvalue weighted by molar-refractivity contribution is 6.96. The third-order valence-electron chi connectivity index (χ3n) is 4.75. The molecule has 1 aliphatic rings. The summed E-state index contributed by atoms with van der Waals surface area (Å²) >= 11 is 0. The maximum Gasteiger partial charge on any atom is 0.162 e. The molecule has 1 fully saturated rings. The van der Waals surface area contributed by atoms with Crippen molar-refractivity contribution in [2.24, 2.45) is 11.8 Å². The molecular formula is C19H28OSi. The van der Waals surface area contributed by atoms with E-state index in [0.717, 1.165) is 0 Å². The smallest absolute Gasteiger partial charge is 0.162 e. The summed E-state index contributed by atoms with van der Waals surface area (Å²) in [4.78, 5) is 0. The van der Waals surface area contributed by atoms with Gasteiger partial charge in [-0.25, -0.2) is 0 Å². The number of hydrogen-bond acceptors (Lipinski definition) is 1. The highest BCUT2D eigenvalue weighted by Crippen LogP contribution is 2.29. The minimum Gasteiger partial charge on any atom is -0.392 e. The monoisotopic (exact) mass is 300 g/mol. The lowest BCUT2D eigenvalue weighted by atomic mass is 9.81. The van der Waals surface area contributed by atoms with Gasteiger partial charge in [0.1, 0.15) is 0 Å². The predicted molar refractivity (Wildman–Crippen MR) is 93.1 cm³/mol. The van der Waals surface area contributed by atoms with E-state index in [9.17, 15) is 5.11 Å². The van der Waals surface area contributed by atoms with Crippen LogP contribution in [0.2, 0.25) is 13.1 Å². The Morgan fingerprint density at radius 3 is 2.33 bits per heavy atom. The Morgan fingerprint density at radius 2 is 1.71 bits per heavy atom. The fourth-order valence-electron chi connectivity index (χ4n) is 3.19. The first-order chi connectivity index (χ1) is 10.0. The van der Waals surface area contributed by atoms with Crippen molar-refractivity contribution >= 4 is 13.3 Å². The third kappa shape index (κ3) is 4.46. The number of hydrogen-bond donors (Lipinski definition) is 1. The molecule has 0 saturated heterocycles. The molecule has 2 rings (SSSR count). The lowest BCUT2D eigenvalue weighted by Crippen LogP contribution is -2.40. The van der Waals surface area contributed by atoms with Crippen LogP contribution in [0.1, 0.15) is 39.0 Å². The van der Waals surface area contributed by atoms with Gasteiger partial charge < -0.3 is 5.11 Å². The van der Waals surface area contributed by atoms with Gasteiger partial charge in [-0.3, -0.25) is 0 Å². The molecule has 114 valence electrons. The van der Waals surface area contributed by atoms with E-state index in [4.69, 9.17) is 0 Å². The predicted octanol–water partition coefficient (Wildman–Crippen LogP) is 3.72. The highest BCUT2D eigenvalue weighted by Gasteiger charge is 2.26. The van der Waals surface area contributed by atoms with Crippen molar-refractivity contribution in [1.82, 2.24) is 0 Å². The summed E-state index contributed by atoms with van der Waals surface area (Å²) < 4.78 is 0. The molecule has 0 unspecified atom stereocenters. The topological polar surface area (TPSA) is 20.2 Å². The summed E-state index contributed by atoms with van der Waals surface area (Å²) in [6.07, 6.45) is 5.97. The van der Waals surface area contributed by atoms with Crippen LogP contribution >= 0.6 is 0 Å². The van der Waals surface area contributed by atoms with E-state index in [1.54, 1.807) is 0 Å². The van der Waals surface area contributed by atoms with Gasteiger partial charge in [-0.1, -0.05) is 62.7 Å². The van der Waals surface area contributed by atoms with E-state index in [0.29, 0.717) is 5.92 Å². The van der Waals surface area contributed by atoms with Crippen molar-refractivity contribution in [3.8, 4) is 11.5 Å². The molecule has 0 heterocycles. The Morgan fingerprint density at radius 1 is 1.10 bits per heavy atom. The first-order valence-corrected chi connectivity index (χ1v) is 11.3. The van der Waals surface area contributed by atoms with Crippen LogP contribution < -0.4 is 5.19 Å². The van der Waals surface area contributed by atoms with E-state index in [-0.39, 0.29) is 12.0 Å². The van der Waals surface area contributed by atoms with Gasteiger partial charge in [0, 0.05) is 5.92 Å². The molecule has 0 amide bonds. The minimum absolute atomic E-state index is 0.0867. The average molecular weight is 301 g/mol. The number of aliphatic hydroxyl groups is 1. The normalized spacial score (nSPS) is 19.4. The SMILES string of the molecule is C[C@@H](C#C[Si](C)(C)c1ccccc1)[C@H](O)C1CCCCC1. The van der Waals surface area contributed by atoms with Crippen LogP contribution in [0.25, 0.3) is 0 Å². The van der Waals surface area contributed by atoms with Gasteiger partial charge >= 0.3 is 0 Å². The second kappa shape index (κ2) is 7.29. The Labute approximate surface area is 130 Å². The van der Waals surface area contributed by atoms with Crippen LogP contribution in [0.3, 0.4) is 0 Å². The summed E-state index contributed by atoms with van der Waals surface area (Å²) in [6.45, 7) is 6.66. The standard InChI is InChI=1S/C19H28OSi/c1-16(19(20)17-10-6-4-7-11-17)14-15-21(2,3)18-12-8-5-9-13-18/h5,8-9,12-13,16-17,19-20H,4,6-7,10-11H2,1-3H3/t16-,19-/m0/s1. The molecule has 1 aromatic carbocycles. The van der Waals surface area contributed by atoms with E-state index < -0.39 is 8.07 Å². The average Bonchev–Trinajstić information content (AvgIpc) is 2.53. The third-order valence-corrected chi connectivity index (χ3v) is 7.30. The second-order valence-corrected chi connectivity index (χ2v) is 11.0. The summed E-state index contributed by atoms with van der Waals surface area (Å²) in [6, 6.07) is 10.6. The fourth-order valence-corrected chi connectivity index (χ4v) is 4.95. The molecule has 1 saturated carbocycles. The summed E-state index contributed by atoms with van der Waals surface area (Å²) in [5.74, 6) is 3.93. The van der Waals surface area contributed by atoms with Crippen LogP contribution in [0.4, 0.5) is 0 Å². The van der Waals surface area contributed by atoms with E-state index in [2.05, 4.69) is 61.8 Å². The molecule has 1 N–H and O–H groups in total. The Bertz CT molecular complexity index is 491. The van der Waals surface area contributed by atoms with E-state index >= 15 is 0 Å². The van der Waals surface area contributed by atoms with Crippen molar-refractivity contribution in [2.45, 2.75) is 58.2 Å². The Kier molecular flexibility index (Phi) is 5.67. The van der Waals surface area contributed by atoms with Gasteiger partial charge in [-0.2, -0.15) is 0 Å². The Hall–Kier alpha value is -1.04. The van der Waals surface area contributed by atoms with Crippen molar-refractivity contribution in [3.63, 3.8) is 0 Å². The molecule has 1 aromatic rings. The molecule has 1 nitrogen and oxygen atoms in total. The molecule has 1 aliphatic carbocycles. The largest absolute Gasteiger partial charge is 0.392 e. The van der Waals surface area contributed by atoms with Gasteiger partial charge in [0.05, 0.1) is 6.10 Å². The number of rotatable bonds is 3. The van der Waals surface area contributed by atoms with E-state index in [1.807, 2.05) is 0 Å². The highest BCUT2D eigenvalue weighted by atomic mass is 28.3. The zero-order chi connectivity index (χ0) is 15.3. The van der Waals surface area contributed by atoms with Crippen LogP contribution in [-0.4, -0.2) is 19.3 Å². The molecule has 0 aromatic heterocycles. The van der Waals surface area contributed by atoms with Gasteiger partial charge in [0.2, 0.25) is 0 Å². The molecule has 0 radical (unpaired) electrons. The zero-order valence-corrected chi connectivity index (χ0v) is 14.6. The van der Waals surface area contributed by atoms with Crippen molar-refractivity contribution in [1.29, 1.82) is 0 Å². The van der Waals surface area contributed by atoms with Crippen molar-refractivity contribution < 1.29 is 5.11 Å². The lowest BCUT2D eigenvalue weighted by molar-refractivity contribution is 0.0586. The molecular weight excluding hydrogens is 272 g/mol. The molecule has 2 atom stereocenters. The molecule has 2 heteroatoms. The summed E-state index contributed by atoms with van der Waals surface area (Å²) in [5, 5.41) is 11.9. The van der Waals surface area contributed by atoms with Crippen LogP contribution in [-0.2, 0) is 0 Å². The summed E-state index contributed by atoms with van der Waals surface area (Å²) in [7, 11) is -1.71. The second-order valence-electron chi connectivity index (χ2n) is 6.94. The zero-order valence-electron chi connectivity index (χ0n) is 13.6. The van der Waals surface area contributed by atoms with E-state index in [1.165, 1.54) is 37.3 Å². The van der Waals surface area contributed by atoms with Crippen molar-refractivity contribution in [3.05, 3.63) is 30.3 Å². The maximum absolute atomic E-state index is 10.5. The Balaban J connectivity index is 2.03. The number of aliphatic hydroxyl groups excluding tert-OH is 1.